The van der Waals surface area contributed by atoms with Gasteiger partial charge in [0.25, 0.3) is 6.29 Å². The fourth-order valence-electron chi connectivity index (χ4n) is 0.800. The molecule has 1 N–H and O–H groups in total. The average molecular weight is 158 g/mol. The zero-order valence-corrected chi connectivity index (χ0v) is 6.24. The lowest BCUT2D eigenvalue weighted by Gasteiger charge is -2.18. The fraction of sp³-hybridized carbons (Fsp3) is 0.667. The molecule has 10 heavy (non-hydrogen) atoms. The molecular weight excluding hydrogens is 150 g/mol. The number of rotatable bonds is 2. The Morgan fingerprint density at radius 3 is 3.00 bits per heavy atom. The van der Waals surface area contributed by atoms with Gasteiger partial charge in [-0.25, -0.2) is 0 Å². The minimum absolute atomic E-state index is 0.189. The lowest BCUT2D eigenvalue weighted by Crippen LogP contribution is -2.37. The van der Waals surface area contributed by atoms with Gasteiger partial charge in [-0.2, -0.15) is 0 Å². The van der Waals surface area contributed by atoms with Crippen molar-refractivity contribution in [3.05, 3.63) is 0 Å². The fourth-order valence-corrected chi connectivity index (χ4v) is 1.78. The Morgan fingerprint density at radius 2 is 2.50 bits per heavy atom. The maximum atomic E-state index is 10.7. The number of carbonyl (C=O) groups excluding carboxylic acids is 2. The van der Waals surface area contributed by atoms with Crippen molar-refractivity contribution < 1.29 is 9.59 Å². The maximum Gasteiger partial charge on any atom is 0.273 e. The quantitative estimate of drug-likeness (QED) is 0.543. The lowest BCUT2D eigenvalue weighted by molar-refractivity contribution is -0.112. The highest BCUT2D eigenvalue weighted by Gasteiger charge is 2.20. The number of carbonyl (C=O) groups is 1. The molecule has 1 fully saturated rings. The molecule has 0 aromatic rings. The van der Waals surface area contributed by atoms with Crippen molar-refractivity contribution in [2.24, 2.45) is 0 Å². The number of hydrogen-bond acceptors (Lipinski definition) is 4. The molecule has 0 amide bonds. The summed E-state index contributed by atoms with van der Waals surface area (Å²) in [7, 11) is 0. The van der Waals surface area contributed by atoms with Crippen LogP contribution in [0.15, 0.2) is 0 Å². The molecule has 0 bridgehead atoms. The van der Waals surface area contributed by atoms with E-state index in [9.17, 15) is 9.59 Å². The summed E-state index contributed by atoms with van der Waals surface area (Å²) in [6, 6.07) is 0. The molecule has 0 saturated carbocycles. The SMILES string of the molecule is O=[C]C(=O)C1CNCCS1. The van der Waals surface area contributed by atoms with Gasteiger partial charge in [0.15, 0.2) is 0 Å². The van der Waals surface area contributed by atoms with Crippen LogP contribution in [0.4, 0.5) is 0 Å². The van der Waals surface area contributed by atoms with Crippen LogP contribution in [0.25, 0.3) is 0 Å². The summed E-state index contributed by atoms with van der Waals surface area (Å²) in [6.45, 7) is 1.53. The molecule has 1 rings (SSSR count). The Balaban J connectivity index is 2.38. The van der Waals surface area contributed by atoms with Crippen LogP contribution in [-0.4, -0.2) is 36.2 Å². The summed E-state index contributed by atoms with van der Waals surface area (Å²) >= 11 is 1.52. The van der Waals surface area contributed by atoms with Crippen LogP contribution in [0.3, 0.4) is 0 Å². The second-order valence-corrected chi connectivity index (χ2v) is 3.34. The molecule has 0 aliphatic carbocycles. The largest absolute Gasteiger partial charge is 0.314 e. The van der Waals surface area contributed by atoms with Crippen LogP contribution in [0.1, 0.15) is 0 Å². The molecule has 1 radical (unpaired) electrons. The summed E-state index contributed by atoms with van der Waals surface area (Å²) in [5.41, 5.74) is 0. The van der Waals surface area contributed by atoms with Crippen LogP contribution < -0.4 is 5.32 Å². The molecule has 3 nitrogen and oxygen atoms in total. The van der Waals surface area contributed by atoms with E-state index in [1.807, 2.05) is 0 Å². The van der Waals surface area contributed by atoms with Gasteiger partial charge in [-0.3, -0.25) is 9.59 Å². The first-order valence-electron chi connectivity index (χ1n) is 3.09. The van der Waals surface area contributed by atoms with Gasteiger partial charge in [0.1, 0.15) is 0 Å². The van der Waals surface area contributed by atoms with Crippen LogP contribution in [0.2, 0.25) is 0 Å². The van der Waals surface area contributed by atoms with E-state index in [0.29, 0.717) is 6.54 Å². The van der Waals surface area contributed by atoms with E-state index in [1.54, 1.807) is 0 Å². The molecule has 0 aromatic carbocycles. The van der Waals surface area contributed by atoms with Crippen molar-refractivity contribution in [3.8, 4) is 0 Å². The first-order chi connectivity index (χ1) is 4.84. The molecule has 1 saturated heterocycles. The van der Waals surface area contributed by atoms with E-state index < -0.39 is 5.78 Å². The normalized spacial score (nSPS) is 25.8. The van der Waals surface area contributed by atoms with Crippen molar-refractivity contribution in [1.82, 2.24) is 5.32 Å². The third-order valence-electron chi connectivity index (χ3n) is 1.32. The third kappa shape index (κ3) is 1.82. The summed E-state index contributed by atoms with van der Waals surface area (Å²) in [5.74, 6) is 0.482. The highest BCUT2D eigenvalue weighted by molar-refractivity contribution is 8.00. The Labute approximate surface area is 63.6 Å². The van der Waals surface area contributed by atoms with Crippen LogP contribution >= 0.6 is 11.8 Å². The number of ketones is 1. The molecule has 1 heterocycles. The monoisotopic (exact) mass is 158 g/mol. The van der Waals surface area contributed by atoms with Gasteiger partial charge >= 0.3 is 0 Å². The van der Waals surface area contributed by atoms with Gasteiger partial charge in [0, 0.05) is 18.8 Å². The maximum absolute atomic E-state index is 10.7. The first-order valence-corrected chi connectivity index (χ1v) is 4.14. The van der Waals surface area contributed by atoms with Gasteiger partial charge in [-0.05, 0) is 0 Å². The van der Waals surface area contributed by atoms with Gasteiger partial charge < -0.3 is 5.32 Å². The zero-order chi connectivity index (χ0) is 7.40. The molecule has 1 aliphatic heterocycles. The average Bonchev–Trinajstić information content (AvgIpc) is 2.05. The number of Topliss-reactive ketones (excluding diaryl/α,β-unsaturated/α-hetero) is 1. The van der Waals surface area contributed by atoms with Crippen LogP contribution in [-0.2, 0) is 9.59 Å². The lowest BCUT2D eigenvalue weighted by atomic mass is 10.3. The van der Waals surface area contributed by atoms with Crippen molar-refractivity contribution in [2.45, 2.75) is 5.25 Å². The van der Waals surface area contributed by atoms with Gasteiger partial charge in [-0.15, -0.1) is 11.8 Å². The zero-order valence-electron chi connectivity index (χ0n) is 5.42. The Bertz CT molecular complexity index is 143. The minimum Gasteiger partial charge on any atom is -0.314 e. The molecule has 0 spiro atoms. The van der Waals surface area contributed by atoms with E-state index >= 15 is 0 Å². The van der Waals surface area contributed by atoms with E-state index in [4.69, 9.17) is 0 Å². The van der Waals surface area contributed by atoms with E-state index in [2.05, 4.69) is 5.32 Å². The molecule has 1 aliphatic rings. The van der Waals surface area contributed by atoms with Crippen molar-refractivity contribution in [2.75, 3.05) is 18.8 Å². The highest BCUT2D eigenvalue weighted by atomic mass is 32.2. The topological polar surface area (TPSA) is 46.2 Å². The molecular formula is C6H8NO2S. The van der Waals surface area contributed by atoms with Gasteiger partial charge in [0.05, 0.1) is 5.25 Å². The third-order valence-corrected chi connectivity index (χ3v) is 2.54. The van der Waals surface area contributed by atoms with Gasteiger partial charge in [0.2, 0.25) is 5.78 Å². The summed E-state index contributed by atoms with van der Waals surface area (Å²) in [5, 5.41) is 2.84. The summed E-state index contributed by atoms with van der Waals surface area (Å²) < 4.78 is 0. The molecule has 1 unspecified atom stereocenters. The predicted molar refractivity (Wildman–Crippen MR) is 39.8 cm³/mol. The number of nitrogens with one attached hydrogen (secondary N) is 1. The van der Waals surface area contributed by atoms with Crippen LogP contribution in [0, 0.1) is 0 Å². The minimum atomic E-state index is -0.419. The molecule has 55 valence electrons. The van der Waals surface area contributed by atoms with Gasteiger partial charge in [-0.1, -0.05) is 0 Å². The molecule has 0 aromatic heterocycles. The first kappa shape index (κ1) is 7.75. The number of thioether (sulfide) groups is 1. The van der Waals surface area contributed by atoms with E-state index in [-0.39, 0.29) is 5.25 Å². The smallest absolute Gasteiger partial charge is 0.273 e. The standard InChI is InChI=1S/C6H8NO2S/c8-4-5(9)6-3-7-1-2-10-6/h6-7H,1-3H2. The number of hydrogen-bond donors (Lipinski definition) is 1. The van der Waals surface area contributed by atoms with Crippen LogP contribution in [0.5, 0.6) is 0 Å². The highest BCUT2D eigenvalue weighted by Crippen LogP contribution is 2.12. The molecule has 4 heteroatoms. The summed E-state index contributed by atoms with van der Waals surface area (Å²) in [6.07, 6.45) is 1.38. The summed E-state index contributed by atoms with van der Waals surface area (Å²) in [4.78, 5) is 20.6. The predicted octanol–water partition coefficient (Wildman–Crippen LogP) is -0.630. The Morgan fingerprint density at radius 1 is 1.70 bits per heavy atom. The molecule has 1 atom stereocenters. The second-order valence-electron chi connectivity index (χ2n) is 2.03. The van der Waals surface area contributed by atoms with Crippen molar-refractivity contribution >= 4 is 23.8 Å². The second kappa shape index (κ2) is 3.73. The van der Waals surface area contributed by atoms with E-state index in [1.165, 1.54) is 18.0 Å². The Hall–Kier alpha value is -0.350. The Kier molecular flexibility index (Phi) is 2.89. The van der Waals surface area contributed by atoms with Crippen molar-refractivity contribution in [3.63, 3.8) is 0 Å². The van der Waals surface area contributed by atoms with E-state index in [0.717, 1.165) is 12.3 Å². The van der Waals surface area contributed by atoms with Crippen molar-refractivity contribution in [1.29, 1.82) is 0 Å².